The molecule has 0 unspecified atom stereocenters. The number of rotatable bonds is 1. The fourth-order valence-electron chi connectivity index (χ4n) is 0.993. The van der Waals surface area contributed by atoms with Crippen LogP contribution in [0.5, 0.6) is 0 Å². The molecular formula is C8H9N4+. The summed E-state index contributed by atoms with van der Waals surface area (Å²) in [5.74, 6) is 0.693. The zero-order valence-corrected chi connectivity index (χ0v) is 6.75. The maximum atomic E-state index is 4.10. The third-order valence-corrected chi connectivity index (χ3v) is 1.55. The van der Waals surface area contributed by atoms with Gasteiger partial charge in [-0.3, -0.25) is 0 Å². The molecule has 2 aromatic rings. The van der Waals surface area contributed by atoms with E-state index in [2.05, 4.69) is 9.97 Å². The molecule has 0 saturated carbocycles. The molecule has 0 aliphatic carbocycles. The highest BCUT2D eigenvalue weighted by atomic mass is 15.2. The zero-order chi connectivity index (χ0) is 8.39. The molecule has 0 radical (unpaired) electrons. The van der Waals surface area contributed by atoms with E-state index in [1.165, 1.54) is 0 Å². The van der Waals surface area contributed by atoms with E-state index in [1.54, 1.807) is 18.5 Å². The molecule has 0 aliphatic heterocycles. The first kappa shape index (κ1) is 6.97. The molecule has 4 nitrogen and oxygen atoms in total. The van der Waals surface area contributed by atoms with Crippen LogP contribution in [0, 0.1) is 0 Å². The summed E-state index contributed by atoms with van der Waals surface area (Å²) < 4.78 is 3.80. The molecule has 0 N–H and O–H groups in total. The molecule has 12 heavy (non-hydrogen) atoms. The summed E-state index contributed by atoms with van der Waals surface area (Å²) in [6, 6.07) is 1.80. The third kappa shape index (κ3) is 1.18. The zero-order valence-electron chi connectivity index (χ0n) is 6.75. The van der Waals surface area contributed by atoms with Crippen molar-refractivity contribution in [1.29, 1.82) is 0 Å². The van der Waals surface area contributed by atoms with Crippen LogP contribution in [0.4, 0.5) is 0 Å². The molecule has 0 spiro atoms. The van der Waals surface area contributed by atoms with Gasteiger partial charge < -0.3 is 0 Å². The maximum absolute atomic E-state index is 4.10. The Morgan fingerprint density at radius 1 is 1.33 bits per heavy atom. The van der Waals surface area contributed by atoms with Gasteiger partial charge in [-0.25, -0.2) is 4.57 Å². The number of hydrogen-bond acceptors (Lipinski definition) is 2. The minimum Gasteiger partial charge on any atom is -0.239 e. The highest BCUT2D eigenvalue weighted by molar-refractivity contribution is 5.07. The van der Waals surface area contributed by atoms with Crippen molar-refractivity contribution >= 4 is 0 Å². The molecule has 0 amide bonds. The van der Waals surface area contributed by atoms with Gasteiger partial charge in [0.2, 0.25) is 0 Å². The van der Waals surface area contributed by atoms with Gasteiger partial charge >= 0.3 is 5.95 Å². The summed E-state index contributed by atoms with van der Waals surface area (Å²) in [4.78, 5) is 8.20. The van der Waals surface area contributed by atoms with Gasteiger partial charge in [-0.15, -0.1) is 0 Å². The van der Waals surface area contributed by atoms with Gasteiger partial charge in [0.25, 0.3) is 6.33 Å². The Bertz CT molecular complexity index is 366. The van der Waals surface area contributed by atoms with Crippen LogP contribution in [0.15, 0.2) is 37.2 Å². The number of imidazole rings is 1. The molecule has 0 fully saturated rings. The summed E-state index contributed by atoms with van der Waals surface area (Å²) in [7, 11) is 1.96. The lowest BCUT2D eigenvalue weighted by atomic mass is 10.7. The highest BCUT2D eigenvalue weighted by Crippen LogP contribution is 1.94. The molecular weight excluding hydrogens is 152 g/mol. The minimum absolute atomic E-state index is 0.693. The van der Waals surface area contributed by atoms with Crippen molar-refractivity contribution in [3.05, 3.63) is 37.2 Å². The molecule has 0 atom stereocenters. The molecule has 0 aromatic carbocycles. The van der Waals surface area contributed by atoms with Crippen molar-refractivity contribution in [2.24, 2.45) is 7.05 Å². The molecule has 4 heteroatoms. The van der Waals surface area contributed by atoms with Crippen LogP contribution in [0.3, 0.4) is 0 Å². The Kier molecular flexibility index (Phi) is 1.59. The second-order valence-electron chi connectivity index (χ2n) is 2.54. The van der Waals surface area contributed by atoms with Gasteiger partial charge in [-0.05, 0) is 6.07 Å². The van der Waals surface area contributed by atoms with Crippen molar-refractivity contribution in [1.82, 2.24) is 14.5 Å². The normalized spacial score (nSPS) is 10.1. The standard InChI is InChI=1S/C8H9N4/c1-11-5-6-12(7-11)8-9-3-2-4-10-8/h2-7H,1H3/q+1. The van der Waals surface area contributed by atoms with Crippen LogP contribution in [-0.2, 0) is 7.05 Å². The second-order valence-corrected chi connectivity index (χ2v) is 2.54. The molecule has 0 bridgehead atoms. The lowest BCUT2D eigenvalue weighted by Crippen LogP contribution is -2.23. The number of aryl methyl sites for hydroxylation is 1. The summed E-state index contributed by atoms with van der Waals surface area (Å²) in [5.41, 5.74) is 0. The van der Waals surface area contributed by atoms with Crippen LogP contribution in [-0.4, -0.2) is 14.5 Å². The predicted molar refractivity (Wildman–Crippen MR) is 42.5 cm³/mol. The van der Waals surface area contributed by atoms with Gasteiger partial charge in [0.05, 0.1) is 7.05 Å². The molecule has 2 rings (SSSR count). The minimum atomic E-state index is 0.693. The van der Waals surface area contributed by atoms with Crippen LogP contribution >= 0.6 is 0 Å². The molecule has 2 aromatic heterocycles. The highest BCUT2D eigenvalue weighted by Gasteiger charge is 2.04. The number of hydrogen-bond donors (Lipinski definition) is 0. The Hall–Kier alpha value is -1.71. The summed E-state index contributed by atoms with van der Waals surface area (Å²) in [6.45, 7) is 0. The van der Waals surface area contributed by atoms with Crippen LogP contribution in [0.25, 0.3) is 5.95 Å². The van der Waals surface area contributed by atoms with Crippen molar-refractivity contribution in [2.75, 3.05) is 0 Å². The predicted octanol–water partition coefficient (Wildman–Crippen LogP) is 0.0918. The van der Waals surface area contributed by atoms with Crippen molar-refractivity contribution in [3.8, 4) is 5.95 Å². The van der Waals surface area contributed by atoms with E-state index in [4.69, 9.17) is 0 Å². The van der Waals surface area contributed by atoms with E-state index in [1.807, 2.05) is 34.9 Å². The first-order chi connectivity index (χ1) is 5.86. The van der Waals surface area contributed by atoms with Gasteiger partial charge in [-0.1, -0.05) is 0 Å². The van der Waals surface area contributed by atoms with Crippen LogP contribution in [0.2, 0.25) is 0 Å². The molecule has 0 saturated heterocycles. The van der Waals surface area contributed by atoms with Gasteiger partial charge in [-0.2, -0.15) is 14.5 Å². The van der Waals surface area contributed by atoms with Gasteiger partial charge in [0.15, 0.2) is 0 Å². The summed E-state index contributed by atoms with van der Waals surface area (Å²) >= 11 is 0. The Morgan fingerprint density at radius 2 is 2.08 bits per heavy atom. The van der Waals surface area contributed by atoms with E-state index in [0.717, 1.165) is 0 Å². The van der Waals surface area contributed by atoms with Gasteiger partial charge in [0, 0.05) is 12.4 Å². The Labute approximate surface area is 70.1 Å². The van der Waals surface area contributed by atoms with Crippen molar-refractivity contribution < 1.29 is 4.57 Å². The first-order valence-corrected chi connectivity index (χ1v) is 3.67. The first-order valence-electron chi connectivity index (χ1n) is 3.67. The average molecular weight is 161 g/mol. The van der Waals surface area contributed by atoms with Crippen molar-refractivity contribution in [3.63, 3.8) is 0 Å². The summed E-state index contributed by atoms with van der Waals surface area (Å²) in [6.07, 6.45) is 9.21. The third-order valence-electron chi connectivity index (χ3n) is 1.55. The Balaban J connectivity index is 2.45. The Morgan fingerprint density at radius 3 is 2.67 bits per heavy atom. The molecule has 60 valence electrons. The van der Waals surface area contributed by atoms with Crippen LogP contribution < -0.4 is 4.57 Å². The maximum Gasteiger partial charge on any atom is 0.325 e. The van der Waals surface area contributed by atoms with Crippen LogP contribution in [0.1, 0.15) is 0 Å². The van der Waals surface area contributed by atoms with Gasteiger partial charge in [0.1, 0.15) is 12.4 Å². The SMILES string of the molecule is C[n+]1ccn(-c2ncccn2)c1. The van der Waals surface area contributed by atoms with E-state index in [9.17, 15) is 0 Å². The fraction of sp³-hybridized carbons (Fsp3) is 0.125. The smallest absolute Gasteiger partial charge is 0.239 e. The van der Waals surface area contributed by atoms with E-state index >= 15 is 0 Å². The van der Waals surface area contributed by atoms with Crippen molar-refractivity contribution in [2.45, 2.75) is 0 Å². The monoisotopic (exact) mass is 161 g/mol. The van der Waals surface area contributed by atoms with E-state index < -0.39 is 0 Å². The second kappa shape index (κ2) is 2.73. The lowest BCUT2D eigenvalue weighted by molar-refractivity contribution is -0.670. The largest absolute Gasteiger partial charge is 0.325 e. The average Bonchev–Trinajstić information content (AvgIpc) is 2.54. The quantitative estimate of drug-likeness (QED) is 0.556. The lowest BCUT2D eigenvalue weighted by Gasteiger charge is -1.89. The fourth-order valence-corrected chi connectivity index (χ4v) is 0.993. The topological polar surface area (TPSA) is 34.6 Å². The van der Waals surface area contributed by atoms with E-state index in [-0.39, 0.29) is 0 Å². The summed E-state index contributed by atoms with van der Waals surface area (Å²) in [5, 5.41) is 0. The number of nitrogens with zero attached hydrogens (tertiary/aromatic N) is 4. The number of aromatic nitrogens is 4. The van der Waals surface area contributed by atoms with E-state index in [0.29, 0.717) is 5.95 Å². The molecule has 0 aliphatic rings. The molecule has 2 heterocycles.